The van der Waals surface area contributed by atoms with Crippen molar-refractivity contribution in [2.75, 3.05) is 18.0 Å². The van der Waals surface area contributed by atoms with Gasteiger partial charge < -0.3 is 14.6 Å². The fraction of sp³-hybridized carbons (Fsp3) is 0.417. The van der Waals surface area contributed by atoms with Gasteiger partial charge in [-0.1, -0.05) is 0 Å². The van der Waals surface area contributed by atoms with E-state index in [1.54, 1.807) is 0 Å². The lowest BCUT2D eigenvalue weighted by Crippen LogP contribution is -2.44. The van der Waals surface area contributed by atoms with E-state index in [9.17, 15) is 0 Å². The first-order valence-corrected chi connectivity index (χ1v) is 10.8. The highest BCUT2D eigenvalue weighted by Gasteiger charge is 2.26. The molecule has 0 saturated carbocycles. The Morgan fingerprint density at radius 1 is 0.968 bits per heavy atom. The predicted octanol–water partition coefficient (Wildman–Crippen LogP) is 4.42. The molecule has 7 nitrogen and oxygen atoms in total. The maximum absolute atomic E-state index is 5.64. The molecule has 0 amide bonds. The SMILES string of the molecule is Cc1nc2c(C)cc(-c3ccc4nc(N5CC[C@@H](NC(C)(C)C)C5)ccc4n3)nc2o1. The smallest absolute Gasteiger partial charge is 0.247 e. The Bertz CT molecular complexity index is 1270. The molecule has 0 radical (unpaired) electrons. The maximum Gasteiger partial charge on any atom is 0.247 e. The number of fused-ring (bicyclic) bond motifs is 2. The average molecular weight is 417 g/mol. The van der Waals surface area contributed by atoms with E-state index in [0.29, 0.717) is 17.6 Å². The standard InChI is InChI=1S/C24H28N6O/c1-14-12-20(28-23-22(14)25-15(2)31-23)19-7-6-18-17(26-19)8-9-21(27-18)30-11-10-16(13-30)29-24(3,4)5/h6-9,12,16,29H,10-11,13H2,1-5H3/t16-/m1/s1. The molecule has 0 unspecified atom stereocenters. The predicted molar refractivity (Wildman–Crippen MR) is 123 cm³/mol. The fourth-order valence-electron chi connectivity index (χ4n) is 4.31. The van der Waals surface area contributed by atoms with Crippen LogP contribution in [0, 0.1) is 13.8 Å². The number of pyridine rings is 3. The van der Waals surface area contributed by atoms with Crippen LogP contribution in [0.25, 0.3) is 33.7 Å². The molecule has 0 spiro atoms. The summed E-state index contributed by atoms with van der Waals surface area (Å²) in [5, 5.41) is 3.70. The van der Waals surface area contributed by atoms with Crippen molar-refractivity contribution in [1.29, 1.82) is 0 Å². The van der Waals surface area contributed by atoms with Crippen molar-refractivity contribution in [2.45, 2.75) is 52.6 Å². The summed E-state index contributed by atoms with van der Waals surface area (Å²) in [5.41, 5.74) is 5.84. The summed E-state index contributed by atoms with van der Waals surface area (Å²) >= 11 is 0. The lowest BCUT2D eigenvalue weighted by Gasteiger charge is -2.26. The molecular formula is C24H28N6O. The molecule has 31 heavy (non-hydrogen) atoms. The molecule has 5 rings (SSSR count). The Labute approximate surface area is 181 Å². The van der Waals surface area contributed by atoms with E-state index in [0.717, 1.165) is 58.8 Å². The third kappa shape index (κ3) is 3.97. The Morgan fingerprint density at radius 3 is 2.55 bits per heavy atom. The molecule has 1 fully saturated rings. The van der Waals surface area contributed by atoms with Gasteiger partial charge in [-0.2, -0.15) is 0 Å². The summed E-state index contributed by atoms with van der Waals surface area (Å²) in [6.07, 6.45) is 1.13. The lowest BCUT2D eigenvalue weighted by molar-refractivity contribution is 0.373. The van der Waals surface area contributed by atoms with E-state index < -0.39 is 0 Å². The second kappa shape index (κ2) is 7.27. The summed E-state index contributed by atoms with van der Waals surface area (Å²) in [6, 6.07) is 10.6. The molecular weight excluding hydrogens is 388 g/mol. The van der Waals surface area contributed by atoms with Crippen LogP contribution in [-0.4, -0.2) is 44.6 Å². The van der Waals surface area contributed by atoms with Crippen LogP contribution < -0.4 is 10.2 Å². The summed E-state index contributed by atoms with van der Waals surface area (Å²) < 4.78 is 5.64. The summed E-state index contributed by atoms with van der Waals surface area (Å²) in [6.45, 7) is 12.5. The van der Waals surface area contributed by atoms with Crippen LogP contribution in [0.5, 0.6) is 0 Å². The first-order valence-electron chi connectivity index (χ1n) is 10.8. The third-order valence-corrected chi connectivity index (χ3v) is 5.60. The number of aryl methyl sites for hydroxylation is 2. The second-order valence-electron chi connectivity index (χ2n) is 9.44. The molecule has 0 bridgehead atoms. The Morgan fingerprint density at radius 2 is 1.74 bits per heavy atom. The Kier molecular flexibility index (Phi) is 4.66. The van der Waals surface area contributed by atoms with Crippen LogP contribution in [0.2, 0.25) is 0 Å². The number of hydrogen-bond donors (Lipinski definition) is 1. The number of oxazole rings is 1. The van der Waals surface area contributed by atoms with E-state index in [2.05, 4.69) is 53.1 Å². The van der Waals surface area contributed by atoms with Gasteiger partial charge in [0.25, 0.3) is 0 Å². The second-order valence-corrected chi connectivity index (χ2v) is 9.44. The van der Waals surface area contributed by atoms with Gasteiger partial charge in [-0.3, -0.25) is 0 Å². The molecule has 1 aliphatic heterocycles. The van der Waals surface area contributed by atoms with Crippen molar-refractivity contribution >= 4 is 28.1 Å². The monoisotopic (exact) mass is 416 g/mol. The number of aromatic nitrogens is 4. The lowest BCUT2D eigenvalue weighted by atomic mass is 10.1. The Balaban J connectivity index is 1.42. The van der Waals surface area contributed by atoms with Gasteiger partial charge in [0, 0.05) is 31.6 Å². The molecule has 7 heteroatoms. The zero-order valence-electron chi connectivity index (χ0n) is 18.7. The fourth-order valence-corrected chi connectivity index (χ4v) is 4.31. The Hall–Kier alpha value is -3.06. The van der Waals surface area contributed by atoms with Crippen molar-refractivity contribution in [3.8, 4) is 11.4 Å². The molecule has 4 aromatic rings. The van der Waals surface area contributed by atoms with Gasteiger partial charge in [0.1, 0.15) is 11.3 Å². The average Bonchev–Trinajstić information content (AvgIpc) is 3.32. The first-order chi connectivity index (χ1) is 14.7. The van der Waals surface area contributed by atoms with Crippen molar-refractivity contribution in [1.82, 2.24) is 25.3 Å². The van der Waals surface area contributed by atoms with E-state index >= 15 is 0 Å². The molecule has 0 aliphatic carbocycles. The first kappa shape index (κ1) is 19.9. The van der Waals surface area contributed by atoms with E-state index in [1.807, 2.05) is 32.0 Å². The normalized spacial score (nSPS) is 17.2. The van der Waals surface area contributed by atoms with Gasteiger partial charge in [0.2, 0.25) is 5.71 Å². The highest BCUT2D eigenvalue weighted by molar-refractivity contribution is 5.81. The number of nitrogens with one attached hydrogen (secondary N) is 1. The zero-order valence-corrected chi connectivity index (χ0v) is 18.7. The van der Waals surface area contributed by atoms with Gasteiger partial charge in [0.15, 0.2) is 5.89 Å². The maximum atomic E-state index is 5.64. The molecule has 1 N–H and O–H groups in total. The van der Waals surface area contributed by atoms with E-state index in [-0.39, 0.29) is 5.54 Å². The van der Waals surface area contributed by atoms with E-state index in [1.165, 1.54) is 0 Å². The third-order valence-electron chi connectivity index (χ3n) is 5.60. The minimum atomic E-state index is 0.123. The van der Waals surface area contributed by atoms with Gasteiger partial charge >= 0.3 is 0 Å². The van der Waals surface area contributed by atoms with Gasteiger partial charge in [-0.25, -0.2) is 19.9 Å². The zero-order chi connectivity index (χ0) is 21.8. The molecule has 1 atom stereocenters. The summed E-state index contributed by atoms with van der Waals surface area (Å²) in [7, 11) is 0. The van der Waals surface area contributed by atoms with Gasteiger partial charge in [-0.05, 0) is 70.0 Å². The van der Waals surface area contributed by atoms with Crippen LogP contribution in [-0.2, 0) is 0 Å². The van der Waals surface area contributed by atoms with Crippen LogP contribution in [0.4, 0.5) is 5.82 Å². The summed E-state index contributed by atoms with van der Waals surface area (Å²) in [4.78, 5) is 21.1. The molecule has 160 valence electrons. The van der Waals surface area contributed by atoms with Gasteiger partial charge in [0.05, 0.1) is 22.4 Å². The van der Waals surface area contributed by atoms with Crippen molar-refractivity contribution in [3.05, 3.63) is 41.8 Å². The van der Waals surface area contributed by atoms with E-state index in [4.69, 9.17) is 14.4 Å². The largest absolute Gasteiger partial charge is 0.423 e. The topological polar surface area (TPSA) is 80.0 Å². The molecule has 1 saturated heterocycles. The highest BCUT2D eigenvalue weighted by Crippen LogP contribution is 2.26. The molecule has 1 aliphatic rings. The van der Waals surface area contributed by atoms with Crippen LogP contribution in [0.15, 0.2) is 34.7 Å². The van der Waals surface area contributed by atoms with Crippen LogP contribution in [0.3, 0.4) is 0 Å². The van der Waals surface area contributed by atoms with Crippen molar-refractivity contribution < 1.29 is 4.42 Å². The molecule has 5 heterocycles. The quantitative estimate of drug-likeness (QED) is 0.530. The van der Waals surface area contributed by atoms with Crippen molar-refractivity contribution in [2.24, 2.45) is 0 Å². The highest BCUT2D eigenvalue weighted by atomic mass is 16.4. The minimum Gasteiger partial charge on any atom is -0.423 e. The number of rotatable bonds is 3. The number of anilines is 1. The van der Waals surface area contributed by atoms with Gasteiger partial charge in [-0.15, -0.1) is 0 Å². The van der Waals surface area contributed by atoms with Crippen molar-refractivity contribution in [3.63, 3.8) is 0 Å². The van der Waals surface area contributed by atoms with Crippen LogP contribution >= 0.6 is 0 Å². The number of hydrogen-bond acceptors (Lipinski definition) is 7. The number of nitrogens with zero attached hydrogens (tertiary/aromatic N) is 5. The molecule has 0 aromatic carbocycles. The molecule has 4 aromatic heterocycles. The summed E-state index contributed by atoms with van der Waals surface area (Å²) in [5.74, 6) is 1.63. The minimum absolute atomic E-state index is 0.123. The van der Waals surface area contributed by atoms with Crippen LogP contribution in [0.1, 0.15) is 38.6 Å².